The highest BCUT2D eigenvalue weighted by Crippen LogP contribution is 2.36. The van der Waals surface area contributed by atoms with Gasteiger partial charge in [-0.3, -0.25) is 9.78 Å². The van der Waals surface area contributed by atoms with E-state index in [0.29, 0.717) is 34.5 Å². The highest BCUT2D eigenvalue weighted by molar-refractivity contribution is 7.99. The van der Waals surface area contributed by atoms with Crippen molar-refractivity contribution in [1.29, 1.82) is 0 Å². The molecule has 3 heterocycles. The predicted octanol–water partition coefficient (Wildman–Crippen LogP) is 5.00. The molecule has 0 atom stereocenters. The number of carbonyl (C=O) groups is 1. The van der Waals surface area contributed by atoms with Crippen LogP contribution in [0.2, 0.25) is 0 Å². The van der Waals surface area contributed by atoms with Crippen molar-refractivity contribution in [1.82, 2.24) is 19.7 Å². The van der Waals surface area contributed by atoms with Crippen LogP contribution in [-0.4, -0.2) is 38.5 Å². The quantitative estimate of drug-likeness (QED) is 0.342. The monoisotopic (exact) mass is 459 g/mol. The maximum atomic E-state index is 12.8. The van der Waals surface area contributed by atoms with Gasteiger partial charge in [0.2, 0.25) is 5.91 Å². The van der Waals surface area contributed by atoms with E-state index >= 15 is 0 Å². The molecule has 0 saturated carbocycles. The molecule has 5 rings (SSSR count). The molecular formula is C24H21N5O3S. The van der Waals surface area contributed by atoms with E-state index in [-0.39, 0.29) is 11.7 Å². The molecule has 166 valence electrons. The number of nitrogens with one attached hydrogen (secondary N) is 1. The van der Waals surface area contributed by atoms with Crippen LogP contribution in [0.25, 0.3) is 33.5 Å². The summed E-state index contributed by atoms with van der Waals surface area (Å²) in [6, 6.07) is 17.1. The number of carbonyl (C=O) groups excluding carboxylic acids is 1. The van der Waals surface area contributed by atoms with Gasteiger partial charge in [-0.15, -0.1) is 10.2 Å². The van der Waals surface area contributed by atoms with Crippen molar-refractivity contribution in [3.8, 4) is 17.3 Å². The maximum Gasteiger partial charge on any atom is 0.234 e. The minimum atomic E-state index is -0.182. The van der Waals surface area contributed by atoms with E-state index in [1.807, 2.05) is 60.0 Å². The highest BCUT2D eigenvalue weighted by Gasteiger charge is 2.17. The second-order valence-corrected chi connectivity index (χ2v) is 8.19. The lowest BCUT2D eigenvalue weighted by molar-refractivity contribution is -0.113. The number of benzene rings is 2. The molecule has 0 saturated heterocycles. The third kappa shape index (κ3) is 4.03. The third-order valence-corrected chi connectivity index (χ3v) is 6.20. The molecule has 9 heteroatoms. The molecular weight excluding hydrogens is 438 g/mol. The Morgan fingerprint density at radius 3 is 2.73 bits per heavy atom. The number of rotatable bonds is 7. The molecule has 0 bridgehead atoms. The molecule has 3 aromatic heterocycles. The smallest absolute Gasteiger partial charge is 0.234 e. The van der Waals surface area contributed by atoms with Gasteiger partial charge in [-0.05, 0) is 31.2 Å². The van der Waals surface area contributed by atoms with Gasteiger partial charge < -0.3 is 19.0 Å². The van der Waals surface area contributed by atoms with E-state index in [0.717, 1.165) is 22.0 Å². The van der Waals surface area contributed by atoms with Gasteiger partial charge in [0.1, 0.15) is 22.6 Å². The van der Waals surface area contributed by atoms with E-state index in [9.17, 15) is 4.79 Å². The lowest BCUT2D eigenvalue weighted by Crippen LogP contribution is -2.15. The first-order valence-corrected chi connectivity index (χ1v) is 11.4. The second kappa shape index (κ2) is 8.95. The summed E-state index contributed by atoms with van der Waals surface area (Å²) in [5.74, 6) is 1.24. The van der Waals surface area contributed by atoms with E-state index in [1.54, 1.807) is 19.4 Å². The molecule has 5 aromatic rings. The van der Waals surface area contributed by atoms with Crippen LogP contribution >= 0.6 is 11.8 Å². The fourth-order valence-corrected chi connectivity index (χ4v) is 4.50. The zero-order chi connectivity index (χ0) is 22.8. The van der Waals surface area contributed by atoms with Gasteiger partial charge in [-0.25, -0.2) is 0 Å². The number of nitrogens with zero attached hydrogens (tertiary/aromatic N) is 4. The molecule has 0 aliphatic rings. The average Bonchev–Trinajstić information content (AvgIpc) is 3.43. The van der Waals surface area contributed by atoms with Gasteiger partial charge in [0.05, 0.1) is 18.6 Å². The van der Waals surface area contributed by atoms with Gasteiger partial charge >= 0.3 is 0 Å². The highest BCUT2D eigenvalue weighted by atomic mass is 32.2. The van der Waals surface area contributed by atoms with Crippen molar-refractivity contribution < 1.29 is 13.9 Å². The number of anilines is 1. The van der Waals surface area contributed by atoms with E-state index in [4.69, 9.17) is 9.15 Å². The summed E-state index contributed by atoms with van der Waals surface area (Å²) in [7, 11) is 1.58. The Kier molecular flexibility index (Phi) is 5.70. The van der Waals surface area contributed by atoms with E-state index < -0.39 is 0 Å². The molecule has 0 aliphatic carbocycles. The van der Waals surface area contributed by atoms with Crippen molar-refractivity contribution in [3.05, 3.63) is 60.8 Å². The van der Waals surface area contributed by atoms with Crippen LogP contribution in [0.3, 0.4) is 0 Å². The number of thioether (sulfide) groups is 1. The SMILES string of the molecule is CCn1c(SCC(=O)Nc2cc3oc4ccccc4c3cc2OC)nnc1-c1ccccn1. The number of hydrogen-bond donors (Lipinski definition) is 1. The van der Waals surface area contributed by atoms with Crippen LogP contribution in [0.15, 0.2) is 70.4 Å². The van der Waals surface area contributed by atoms with Crippen LogP contribution < -0.4 is 10.1 Å². The molecule has 33 heavy (non-hydrogen) atoms. The molecule has 2 aromatic carbocycles. The Hall–Kier alpha value is -3.85. The van der Waals surface area contributed by atoms with E-state index in [2.05, 4.69) is 20.5 Å². The fraction of sp³-hybridized carbons (Fsp3) is 0.167. The lowest BCUT2D eigenvalue weighted by Gasteiger charge is -2.10. The largest absolute Gasteiger partial charge is 0.495 e. The normalized spacial score (nSPS) is 11.2. The maximum absolute atomic E-state index is 12.8. The van der Waals surface area contributed by atoms with Crippen molar-refractivity contribution in [2.45, 2.75) is 18.6 Å². The van der Waals surface area contributed by atoms with Crippen LogP contribution in [0.4, 0.5) is 5.69 Å². The minimum absolute atomic E-state index is 0.168. The number of fused-ring (bicyclic) bond motifs is 3. The zero-order valence-corrected chi connectivity index (χ0v) is 18.9. The number of aromatic nitrogens is 4. The Labute approximate surface area is 194 Å². The first kappa shape index (κ1) is 21.0. The lowest BCUT2D eigenvalue weighted by atomic mass is 10.1. The number of hydrogen-bond acceptors (Lipinski definition) is 7. The molecule has 1 N–H and O–H groups in total. The van der Waals surface area contributed by atoms with E-state index in [1.165, 1.54) is 11.8 Å². The zero-order valence-electron chi connectivity index (χ0n) is 18.1. The summed E-state index contributed by atoms with van der Waals surface area (Å²) in [4.78, 5) is 17.1. The number of methoxy groups -OCH3 is 1. The van der Waals surface area contributed by atoms with Crippen LogP contribution in [0.5, 0.6) is 5.75 Å². The standard InChI is InChI=1S/C24H21N5O3S/c1-3-29-23(17-9-6-7-11-25-17)27-28-24(29)33-14-22(30)26-18-13-20-16(12-21(18)31-2)15-8-4-5-10-19(15)32-20/h4-13H,3,14H2,1-2H3,(H,26,30). The molecule has 0 fully saturated rings. The summed E-state index contributed by atoms with van der Waals surface area (Å²) in [6.07, 6.45) is 1.72. The van der Waals surface area contributed by atoms with Crippen molar-refractivity contribution in [2.75, 3.05) is 18.2 Å². The number of furan rings is 1. The number of para-hydroxylation sites is 1. The second-order valence-electron chi connectivity index (χ2n) is 7.25. The Morgan fingerprint density at radius 1 is 1.09 bits per heavy atom. The molecule has 0 spiro atoms. The van der Waals surface area contributed by atoms with Crippen molar-refractivity contribution in [3.63, 3.8) is 0 Å². The first-order chi connectivity index (χ1) is 16.2. The first-order valence-electron chi connectivity index (χ1n) is 10.4. The summed E-state index contributed by atoms with van der Waals surface area (Å²) in [5, 5.41) is 14.1. The van der Waals surface area contributed by atoms with Gasteiger partial charge in [0, 0.05) is 29.6 Å². The fourth-order valence-electron chi connectivity index (χ4n) is 3.70. The molecule has 0 aliphatic heterocycles. The Morgan fingerprint density at radius 2 is 1.94 bits per heavy atom. The third-order valence-electron chi connectivity index (χ3n) is 5.23. The molecule has 0 unspecified atom stereocenters. The van der Waals surface area contributed by atoms with Crippen LogP contribution in [0, 0.1) is 0 Å². The van der Waals surface area contributed by atoms with Crippen LogP contribution in [-0.2, 0) is 11.3 Å². The predicted molar refractivity (Wildman–Crippen MR) is 129 cm³/mol. The Bertz CT molecular complexity index is 1450. The average molecular weight is 460 g/mol. The van der Waals surface area contributed by atoms with Crippen LogP contribution in [0.1, 0.15) is 6.92 Å². The Balaban J connectivity index is 1.34. The molecule has 8 nitrogen and oxygen atoms in total. The molecule has 0 radical (unpaired) electrons. The molecule has 1 amide bonds. The number of ether oxygens (including phenoxy) is 1. The summed E-state index contributed by atoms with van der Waals surface area (Å²) < 4.78 is 13.4. The van der Waals surface area contributed by atoms with Gasteiger partial charge in [-0.2, -0.15) is 0 Å². The topological polar surface area (TPSA) is 95.1 Å². The number of pyridine rings is 1. The minimum Gasteiger partial charge on any atom is -0.495 e. The van der Waals surface area contributed by atoms with Crippen molar-refractivity contribution in [2.24, 2.45) is 0 Å². The summed E-state index contributed by atoms with van der Waals surface area (Å²) >= 11 is 1.32. The summed E-state index contributed by atoms with van der Waals surface area (Å²) in [6.45, 7) is 2.67. The number of amides is 1. The van der Waals surface area contributed by atoms with Crippen molar-refractivity contribution >= 4 is 45.3 Å². The summed E-state index contributed by atoms with van der Waals surface area (Å²) in [5.41, 5.74) is 2.77. The van der Waals surface area contributed by atoms with Gasteiger partial charge in [-0.1, -0.05) is 36.0 Å². The van der Waals surface area contributed by atoms with Gasteiger partial charge in [0.15, 0.2) is 11.0 Å². The van der Waals surface area contributed by atoms with Gasteiger partial charge in [0.25, 0.3) is 0 Å².